The minimum Gasteiger partial charge on any atom is -0.377 e. The zero-order valence-corrected chi connectivity index (χ0v) is 86.6. The molecule has 9 aliphatic heterocycles. The summed E-state index contributed by atoms with van der Waals surface area (Å²) >= 11 is 6.19. The van der Waals surface area contributed by atoms with Gasteiger partial charge in [-0.2, -0.15) is 10.5 Å². The van der Waals surface area contributed by atoms with Gasteiger partial charge in [-0.1, -0.05) is 103 Å². The SMILES string of the molecule is CC(C)N1CCN(C2(CNC3CCN(c4cccc(C5=Cc6cc(C#N)ccc6C5)c4)CC3)COC2)CC1.CCC(C)N1CCN(CCNC2CCN(c3cccc(C4=Cc5ccccc5C4)c3)CC2)CC1.CN1CCN(C2(CNC3CCN(c4cccc(-c5cc6cc(Cl)ccc6[nH]5)c4)CC3)CCC2)CC1.Cc1ccc(N2CCC(NC3CCN(C(C)C)CC3)CC2)cc1-c1cc2cc(C#N)ccc2[nH]1. The van der Waals surface area contributed by atoms with E-state index < -0.39 is 0 Å². The van der Waals surface area contributed by atoms with Gasteiger partial charge in [-0.05, 0) is 329 Å². The van der Waals surface area contributed by atoms with E-state index in [0.717, 1.165) is 154 Å². The lowest BCUT2D eigenvalue weighted by Crippen LogP contribution is -2.70. The Bertz CT molecular complexity index is 5950. The fourth-order valence-corrected chi connectivity index (χ4v) is 24.6. The number of nitrogens with one attached hydrogen (secondary N) is 6. The molecule has 746 valence electrons. The molecule has 1 saturated carbocycles. The van der Waals surface area contributed by atoms with E-state index in [2.05, 4.69) is 304 Å². The highest BCUT2D eigenvalue weighted by Crippen LogP contribution is 2.42. The molecular formula is C120H158ClN19O. The third-order valence-corrected chi connectivity index (χ3v) is 34.4. The largest absolute Gasteiger partial charge is 0.377 e. The van der Waals surface area contributed by atoms with Gasteiger partial charge in [0.2, 0.25) is 0 Å². The van der Waals surface area contributed by atoms with Gasteiger partial charge in [0.1, 0.15) is 0 Å². The summed E-state index contributed by atoms with van der Waals surface area (Å²) in [4.78, 5) is 35.8. The summed E-state index contributed by atoms with van der Waals surface area (Å²) in [5, 5.41) is 37.3. The van der Waals surface area contributed by atoms with Crippen molar-refractivity contribution in [3.05, 3.63) is 237 Å². The lowest BCUT2D eigenvalue weighted by atomic mass is 9.74. The Morgan fingerprint density at radius 3 is 1.47 bits per heavy atom. The molecule has 8 aromatic carbocycles. The molecule has 1 atom stereocenters. The molecule has 9 saturated heterocycles. The number of fused-ring (bicyclic) bond motifs is 4. The van der Waals surface area contributed by atoms with Crippen molar-refractivity contribution in [2.75, 3.05) is 210 Å². The van der Waals surface area contributed by atoms with Crippen LogP contribution in [0.5, 0.6) is 0 Å². The van der Waals surface area contributed by atoms with Crippen molar-refractivity contribution in [2.24, 2.45) is 0 Å². The smallest absolute Gasteiger partial charge is 0.0991 e. The Hall–Kier alpha value is -9.69. The number of aromatic amines is 2. The number of aryl methyl sites for hydroxylation is 1. The fraction of sp³-hybridized carbons (Fsp3) is 0.517. The first-order valence-corrected chi connectivity index (χ1v) is 54.6. The number of allylic oxidation sites excluding steroid dienone is 2. The van der Waals surface area contributed by atoms with Crippen LogP contribution in [0.15, 0.2) is 182 Å². The zero-order valence-electron chi connectivity index (χ0n) is 85.8. The van der Waals surface area contributed by atoms with Crippen molar-refractivity contribution in [3.63, 3.8) is 0 Å². The minimum absolute atomic E-state index is 0.190. The Balaban J connectivity index is 0.000000120. The van der Waals surface area contributed by atoms with Crippen LogP contribution in [0.3, 0.4) is 0 Å². The molecule has 11 heterocycles. The van der Waals surface area contributed by atoms with Crippen LogP contribution in [-0.4, -0.2) is 294 Å². The molecule has 6 N–H and O–H groups in total. The maximum atomic E-state index is 9.23. The van der Waals surface area contributed by atoms with E-state index in [0.29, 0.717) is 53.4 Å². The molecule has 1 unspecified atom stereocenters. The second kappa shape index (κ2) is 46.6. The summed E-state index contributed by atoms with van der Waals surface area (Å²) in [5.74, 6) is 0. The molecule has 12 aliphatic rings. The zero-order chi connectivity index (χ0) is 96.9. The lowest BCUT2D eigenvalue weighted by Gasteiger charge is -2.53. The van der Waals surface area contributed by atoms with Gasteiger partial charge in [0, 0.05) is 277 Å². The van der Waals surface area contributed by atoms with Crippen LogP contribution in [0.2, 0.25) is 5.02 Å². The summed E-state index contributed by atoms with van der Waals surface area (Å²) in [7, 11) is 2.25. The van der Waals surface area contributed by atoms with Crippen molar-refractivity contribution in [2.45, 2.75) is 211 Å². The Labute approximate surface area is 847 Å². The number of likely N-dealkylation sites (tertiary alicyclic amines) is 1. The number of hydrogen-bond donors (Lipinski definition) is 6. The molecule has 3 aliphatic carbocycles. The van der Waals surface area contributed by atoms with Crippen LogP contribution >= 0.6 is 11.6 Å². The third-order valence-electron chi connectivity index (χ3n) is 34.2. The third kappa shape index (κ3) is 24.6. The van der Waals surface area contributed by atoms with E-state index in [4.69, 9.17) is 16.3 Å². The number of nitriles is 2. The van der Waals surface area contributed by atoms with Crippen molar-refractivity contribution in [3.8, 4) is 34.7 Å². The number of likely N-dealkylation sites (N-methyl/N-ethyl adjacent to an activating group) is 1. The maximum Gasteiger partial charge on any atom is 0.0991 e. The number of benzene rings is 8. The van der Waals surface area contributed by atoms with Gasteiger partial charge >= 0.3 is 0 Å². The molecule has 0 amide bonds. The monoisotopic (exact) mass is 1920 g/mol. The van der Waals surface area contributed by atoms with Crippen molar-refractivity contribution in [1.29, 1.82) is 10.5 Å². The molecule has 0 radical (unpaired) electrons. The predicted octanol–water partition coefficient (Wildman–Crippen LogP) is 19.4. The number of hydrogen-bond acceptors (Lipinski definition) is 18. The molecule has 0 bridgehead atoms. The number of anilines is 4. The van der Waals surface area contributed by atoms with Gasteiger partial charge in [0.25, 0.3) is 0 Å². The minimum atomic E-state index is 0.190. The molecular weight excluding hydrogens is 1760 g/mol. The molecule has 141 heavy (non-hydrogen) atoms. The highest BCUT2D eigenvalue weighted by Gasteiger charge is 2.47. The average Bonchev–Trinajstić information content (AvgIpc) is 1.78. The van der Waals surface area contributed by atoms with Gasteiger partial charge in [-0.15, -0.1) is 0 Å². The number of piperazine rings is 3. The number of ether oxygens (including phenoxy) is 1. The van der Waals surface area contributed by atoms with E-state index in [1.807, 2.05) is 42.5 Å². The molecule has 20 nitrogen and oxygen atoms in total. The fourth-order valence-electron chi connectivity index (χ4n) is 24.4. The lowest BCUT2D eigenvalue weighted by molar-refractivity contribution is -0.149. The summed E-state index contributed by atoms with van der Waals surface area (Å²) in [5.41, 5.74) is 26.4. The standard InChI is InChI=1S/C32H41N5O.C30H42N4.C29H38ClN5.C29H37N5/c1-24(2)35-12-14-37(15-13-35)32(22-38-23-32)21-34-30-8-10-36(11-9-30)31-5-3-4-26(19-31)29-17-27-7-6-25(20-33)16-28(27)18-29;1-3-24(2)33-19-17-32(18-20-33)16-13-31-29-11-14-34(15-12-29)30-10-6-9-27(23-30)28-21-25-7-4-5-8-26(25)22-28;1-33-14-16-35(17-15-33)29(10-3-11-29)21-31-25-8-12-34(13-9-25)26-5-2-4-22(19-26)28-20-23-18-24(30)6-7-27(23)32-28;1-20(2)33-12-8-24(9-13-33)31-25-10-14-34(15-11-25)26-6-4-21(3)27(18-26)29-17-23-16-22(19-30)5-7-28(23)32-29/h3-7,16,18-19,24,30,34H,8-15,17,21-23H2,1-2H3;4-10,21,23-24,29,31H,3,11-20,22H2,1-2H3;2,4-7,18-20,25,31-32H,3,8-17,21H2,1H3;4-7,16-18,20,24-25,31-32H,8-15H2,1-3H3. The van der Waals surface area contributed by atoms with Crippen LogP contribution in [0.1, 0.15) is 182 Å². The summed E-state index contributed by atoms with van der Waals surface area (Å²) in [6, 6.07) is 74.8. The van der Waals surface area contributed by atoms with E-state index >= 15 is 0 Å². The van der Waals surface area contributed by atoms with Crippen molar-refractivity contribution < 1.29 is 4.74 Å². The summed E-state index contributed by atoms with van der Waals surface area (Å²) in [6.45, 7) is 48.1. The highest BCUT2D eigenvalue weighted by atomic mass is 35.5. The van der Waals surface area contributed by atoms with Gasteiger partial charge in [-0.3, -0.25) is 24.5 Å². The predicted molar refractivity (Wildman–Crippen MR) is 589 cm³/mol. The van der Waals surface area contributed by atoms with Crippen LogP contribution in [-0.2, 0) is 17.6 Å². The number of nitrogens with zero attached hydrogens (tertiary/aromatic N) is 13. The van der Waals surface area contributed by atoms with Crippen LogP contribution < -0.4 is 40.9 Å². The molecule has 2 aromatic heterocycles. The van der Waals surface area contributed by atoms with E-state index in [1.54, 1.807) is 0 Å². The Kier molecular flexibility index (Phi) is 33.0. The average molecular weight is 1920 g/mol. The molecule has 0 spiro atoms. The van der Waals surface area contributed by atoms with Crippen molar-refractivity contribution >= 4 is 79.5 Å². The van der Waals surface area contributed by atoms with E-state index in [9.17, 15) is 10.5 Å². The number of H-pyrrole nitrogens is 2. The second-order valence-corrected chi connectivity index (χ2v) is 44.2. The maximum absolute atomic E-state index is 9.23. The van der Waals surface area contributed by atoms with Gasteiger partial charge < -0.3 is 65.4 Å². The van der Waals surface area contributed by atoms with E-state index in [1.165, 1.54) is 265 Å². The Morgan fingerprint density at radius 1 is 0.433 bits per heavy atom. The topological polar surface area (TPSA) is 172 Å². The Morgan fingerprint density at radius 2 is 0.908 bits per heavy atom. The van der Waals surface area contributed by atoms with Crippen LogP contribution in [0, 0.1) is 29.6 Å². The van der Waals surface area contributed by atoms with E-state index in [-0.39, 0.29) is 5.54 Å². The number of aromatic nitrogens is 2. The first-order valence-electron chi connectivity index (χ1n) is 54.2. The second-order valence-electron chi connectivity index (χ2n) is 43.7. The molecule has 22 rings (SSSR count). The molecule has 21 heteroatoms. The quantitative estimate of drug-likeness (QED) is 0.0302. The van der Waals surface area contributed by atoms with Crippen molar-refractivity contribution in [1.82, 2.24) is 65.5 Å². The van der Waals surface area contributed by atoms with Crippen LogP contribution in [0.25, 0.3) is 67.6 Å². The first kappa shape index (κ1) is 100. The number of rotatable bonds is 26. The number of piperidine rings is 5. The number of halogens is 1. The highest BCUT2D eigenvalue weighted by molar-refractivity contribution is 6.31. The van der Waals surface area contributed by atoms with Gasteiger partial charge in [0.05, 0.1) is 42.0 Å². The molecule has 10 aromatic rings. The normalized spacial score (nSPS) is 20.9. The summed E-state index contributed by atoms with van der Waals surface area (Å²) < 4.78 is 5.74. The first-order chi connectivity index (χ1) is 68.8. The van der Waals surface area contributed by atoms with Gasteiger partial charge in [-0.25, -0.2) is 0 Å². The van der Waals surface area contributed by atoms with Gasteiger partial charge in [0.15, 0.2) is 0 Å². The molecule has 10 fully saturated rings. The van der Waals surface area contributed by atoms with Crippen LogP contribution in [0.4, 0.5) is 22.7 Å². The summed E-state index contributed by atoms with van der Waals surface area (Å²) in [6.07, 6.45) is 24.2.